The van der Waals surface area contributed by atoms with E-state index in [1.54, 1.807) is 0 Å². The zero-order chi connectivity index (χ0) is 39.6. The van der Waals surface area contributed by atoms with Gasteiger partial charge in [0.1, 0.15) is 13.2 Å². The maximum atomic E-state index is 6.36. The molecule has 1 aliphatic carbocycles. The van der Waals surface area contributed by atoms with Crippen LogP contribution in [0.4, 0.5) is 34.1 Å². The Labute approximate surface area is 339 Å². The van der Waals surface area contributed by atoms with Crippen molar-refractivity contribution < 1.29 is 9.47 Å². The fraction of sp³-hybridized carbons (Fsp3) is 0.308. The lowest BCUT2D eigenvalue weighted by Crippen LogP contribution is -2.61. The lowest BCUT2D eigenvalue weighted by atomic mass is 9.33. The quantitative estimate of drug-likeness (QED) is 0.168. The molecule has 4 nitrogen and oxygen atoms in total. The van der Waals surface area contributed by atoms with Crippen molar-refractivity contribution in [2.75, 3.05) is 23.0 Å². The highest BCUT2D eigenvalue weighted by Gasteiger charge is 2.45. The van der Waals surface area contributed by atoms with Crippen molar-refractivity contribution >= 4 is 57.2 Å². The average Bonchev–Trinajstić information content (AvgIpc) is 3.48. The maximum absolute atomic E-state index is 6.36. The molecule has 0 saturated carbocycles. The van der Waals surface area contributed by atoms with E-state index in [-0.39, 0.29) is 23.0 Å². The third-order valence-electron chi connectivity index (χ3n) is 12.7. The van der Waals surface area contributed by atoms with Gasteiger partial charge in [0.05, 0.1) is 5.69 Å². The summed E-state index contributed by atoms with van der Waals surface area (Å²) in [6.07, 6.45) is 2.15. The number of aryl methyl sites for hydroxylation is 1. The summed E-state index contributed by atoms with van der Waals surface area (Å²) in [5, 5.41) is 0. The Kier molecular flexibility index (Phi) is 7.91. The molecule has 0 N–H and O–H groups in total. The van der Waals surface area contributed by atoms with Gasteiger partial charge < -0.3 is 19.3 Å². The van der Waals surface area contributed by atoms with Crippen LogP contribution in [0.5, 0.6) is 11.5 Å². The molecule has 0 atom stereocenters. The lowest BCUT2D eigenvalue weighted by Gasteiger charge is -2.45. The number of hydrogen-bond donors (Lipinski definition) is 0. The Morgan fingerprint density at radius 1 is 0.561 bits per heavy atom. The molecule has 0 amide bonds. The molecule has 6 aromatic carbocycles. The van der Waals surface area contributed by atoms with Gasteiger partial charge in [0.15, 0.2) is 11.5 Å². The second-order valence-electron chi connectivity index (χ2n) is 19.7. The highest BCUT2D eigenvalue weighted by molar-refractivity contribution is 7.00. The first kappa shape index (κ1) is 36.0. The molecule has 6 aromatic rings. The summed E-state index contributed by atoms with van der Waals surface area (Å²) >= 11 is 0. The monoisotopic (exact) mass is 748 g/mol. The van der Waals surface area contributed by atoms with Crippen molar-refractivity contribution in [3.05, 3.63) is 137 Å². The molecule has 0 radical (unpaired) electrons. The predicted molar refractivity (Wildman–Crippen MR) is 240 cm³/mol. The van der Waals surface area contributed by atoms with Crippen LogP contribution in [-0.2, 0) is 23.7 Å². The molecule has 0 unspecified atom stereocenters. The van der Waals surface area contributed by atoms with Gasteiger partial charge in [0.25, 0.3) is 6.71 Å². The molecule has 0 fully saturated rings. The van der Waals surface area contributed by atoms with E-state index < -0.39 is 0 Å². The van der Waals surface area contributed by atoms with Gasteiger partial charge in [-0.25, -0.2) is 0 Å². The Hall–Kier alpha value is -5.42. The summed E-state index contributed by atoms with van der Waals surface area (Å²) in [7, 11) is 0. The summed E-state index contributed by atoms with van der Waals surface area (Å²) in [5.41, 5.74) is 20.7. The molecule has 3 heterocycles. The van der Waals surface area contributed by atoms with E-state index >= 15 is 0 Å². The van der Waals surface area contributed by atoms with Gasteiger partial charge in [-0.2, -0.15) is 0 Å². The Bertz CT molecular complexity index is 2590. The molecular weight excluding hydrogens is 695 g/mol. The molecule has 57 heavy (non-hydrogen) atoms. The number of hydrogen-bond acceptors (Lipinski definition) is 4. The van der Waals surface area contributed by atoms with Crippen molar-refractivity contribution in [2.24, 2.45) is 5.41 Å². The largest absolute Gasteiger partial charge is 0.486 e. The van der Waals surface area contributed by atoms with E-state index in [0.29, 0.717) is 13.2 Å². The van der Waals surface area contributed by atoms with E-state index in [0.717, 1.165) is 41.2 Å². The Balaban J connectivity index is 1.31. The fourth-order valence-electron chi connectivity index (χ4n) is 9.92. The zero-order valence-corrected chi connectivity index (χ0v) is 35.0. The van der Waals surface area contributed by atoms with Crippen molar-refractivity contribution in [1.82, 2.24) is 0 Å². The average molecular weight is 749 g/mol. The van der Waals surface area contributed by atoms with Crippen LogP contribution in [0.25, 0.3) is 11.1 Å². The minimum atomic E-state index is -0.00806. The number of benzene rings is 6. The minimum Gasteiger partial charge on any atom is -0.486 e. The highest BCUT2D eigenvalue weighted by Crippen LogP contribution is 2.51. The Morgan fingerprint density at radius 3 is 1.82 bits per heavy atom. The number of ether oxygens (including phenoxy) is 2. The number of nitrogens with zero attached hydrogens (tertiary/aromatic N) is 2. The van der Waals surface area contributed by atoms with Crippen LogP contribution in [0.2, 0.25) is 0 Å². The van der Waals surface area contributed by atoms with Gasteiger partial charge in [-0.1, -0.05) is 116 Å². The van der Waals surface area contributed by atoms with Gasteiger partial charge >= 0.3 is 0 Å². The van der Waals surface area contributed by atoms with Crippen LogP contribution in [0.15, 0.2) is 109 Å². The Morgan fingerprint density at radius 2 is 1.16 bits per heavy atom. The van der Waals surface area contributed by atoms with Gasteiger partial charge in [0.2, 0.25) is 0 Å². The topological polar surface area (TPSA) is 24.9 Å². The zero-order valence-electron chi connectivity index (χ0n) is 35.0. The van der Waals surface area contributed by atoms with Gasteiger partial charge in [-0.05, 0) is 128 Å². The van der Waals surface area contributed by atoms with Crippen LogP contribution in [-0.4, -0.2) is 19.9 Å². The SMILES string of the molecule is Cc1cc2c3c(c1)N(c1cc4c(cc1-c1ccccc1)OCCO4)c1cc4c(cc1B3c1cc(C(C)(C)C)ccc1N2c1ccc(C(C)(C)C)cc1)CC(C)(C)C4. The highest BCUT2D eigenvalue weighted by atomic mass is 16.6. The molecule has 5 heteroatoms. The summed E-state index contributed by atoms with van der Waals surface area (Å²) in [6, 6.07) is 41.8. The molecule has 0 bridgehead atoms. The molecule has 286 valence electrons. The normalized spacial score (nSPS) is 16.2. The summed E-state index contributed by atoms with van der Waals surface area (Å²) in [4.78, 5) is 5.11. The smallest absolute Gasteiger partial charge is 0.252 e. The van der Waals surface area contributed by atoms with Crippen molar-refractivity contribution in [3.8, 4) is 22.6 Å². The van der Waals surface area contributed by atoms with Crippen LogP contribution >= 0.6 is 0 Å². The van der Waals surface area contributed by atoms with Crippen LogP contribution in [0.1, 0.15) is 83.2 Å². The van der Waals surface area contributed by atoms with E-state index in [2.05, 4.69) is 181 Å². The second kappa shape index (κ2) is 12.5. The summed E-state index contributed by atoms with van der Waals surface area (Å²) in [6.45, 7) is 22.1. The minimum absolute atomic E-state index is 0.00806. The standard InChI is InChI=1S/C52H53BN2O2/c1-32-23-45-49-46(24-32)55(43-29-48-47(56-21-22-57-48)28-39(43)33-13-11-10-12-14-33)44-26-35-31-52(8,9)30-34(35)25-40(44)53(49)41-27-37(51(5,6)7)17-20-42(41)54(45)38-18-15-36(16-19-38)50(2,3)4/h10-20,23-29H,21-22,30-31H2,1-9H3. The first-order chi connectivity index (χ1) is 27.1. The van der Waals surface area contributed by atoms with Crippen molar-refractivity contribution in [3.63, 3.8) is 0 Å². The molecule has 0 saturated heterocycles. The number of anilines is 6. The summed E-state index contributed by atoms with van der Waals surface area (Å²) in [5.74, 6) is 1.60. The summed E-state index contributed by atoms with van der Waals surface area (Å²) < 4.78 is 12.6. The number of rotatable bonds is 3. The molecular formula is C52H53BN2O2. The predicted octanol–water partition coefficient (Wildman–Crippen LogP) is 11.2. The van der Waals surface area contributed by atoms with Crippen molar-refractivity contribution in [2.45, 2.75) is 86.0 Å². The second-order valence-corrected chi connectivity index (χ2v) is 19.7. The molecule has 4 aliphatic rings. The van der Waals surface area contributed by atoms with E-state index in [1.807, 2.05) is 0 Å². The molecule has 3 aliphatic heterocycles. The third-order valence-corrected chi connectivity index (χ3v) is 12.7. The van der Waals surface area contributed by atoms with E-state index in [9.17, 15) is 0 Å². The van der Waals surface area contributed by atoms with Crippen LogP contribution < -0.4 is 35.7 Å². The van der Waals surface area contributed by atoms with Crippen LogP contribution in [0, 0.1) is 12.3 Å². The van der Waals surface area contributed by atoms with Crippen molar-refractivity contribution in [1.29, 1.82) is 0 Å². The first-order valence-electron chi connectivity index (χ1n) is 20.8. The fourth-order valence-corrected chi connectivity index (χ4v) is 9.92. The van der Waals surface area contributed by atoms with Gasteiger partial charge in [-0.3, -0.25) is 0 Å². The van der Waals surface area contributed by atoms with Gasteiger partial charge in [-0.15, -0.1) is 0 Å². The maximum Gasteiger partial charge on any atom is 0.252 e. The molecule has 0 aromatic heterocycles. The molecule has 10 rings (SSSR count). The molecule has 0 spiro atoms. The van der Waals surface area contributed by atoms with Crippen LogP contribution in [0.3, 0.4) is 0 Å². The van der Waals surface area contributed by atoms with E-state index in [4.69, 9.17) is 9.47 Å². The third kappa shape index (κ3) is 5.87. The van der Waals surface area contributed by atoms with E-state index in [1.165, 1.54) is 72.6 Å². The van der Waals surface area contributed by atoms with Gasteiger partial charge in [0, 0.05) is 40.1 Å². The number of fused-ring (bicyclic) bond motifs is 6. The first-order valence-corrected chi connectivity index (χ1v) is 20.8. The lowest BCUT2D eigenvalue weighted by molar-refractivity contribution is 0.172.